The molecule has 1 aromatic heterocycles. The lowest BCUT2D eigenvalue weighted by Crippen LogP contribution is -2.35. The number of H-pyrrole nitrogens is 1. The molecule has 0 atom stereocenters. The highest BCUT2D eigenvalue weighted by atomic mass is 16.5. The van der Waals surface area contributed by atoms with Crippen molar-refractivity contribution in [1.82, 2.24) is 15.1 Å². The molecule has 1 saturated heterocycles. The van der Waals surface area contributed by atoms with Gasteiger partial charge in [0.1, 0.15) is 0 Å². The smallest absolute Gasteiger partial charge is 0.0594 e. The fourth-order valence-electron chi connectivity index (χ4n) is 1.23. The van der Waals surface area contributed by atoms with Gasteiger partial charge in [0.15, 0.2) is 0 Å². The van der Waals surface area contributed by atoms with Crippen molar-refractivity contribution in [3.05, 3.63) is 18.0 Å². The molecule has 0 aliphatic carbocycles. The Hall–Kier alpha value is -0.870. The molecule has 0 unspecified atom stereocenters. The van der Waals surface area contributed by atoms with Gasteiger partial charge in [-0.1, -0.05) is 20.8 Å². The number of aromatic nitrogens is 2. The SMILES string of the molecule is CC.CCN1CCOCC1.Cc1cn[nH]c1. The lowest BCUT2D eigenvalue weighted by molar-refractivity contribution is 0.0405. The van der Waals surface area contributed by atoms with Crippen LogP contribution >= 0.6 is 0 Å². The predicted octanol–water partition coefficient (Wildman–Crippen LogP) is 2.08. The number of ether oxygens (including phenoxy) is 1. The number of likely N-dealkylation sites (N-methyl/N-ethyl adjacent to an activating group) is 1. The van der Waals surface area contributed by atoms with Gasteiger partial charge in [-0.3, -0.25) is 10.00 Å². The molecule has 1 fully saturated rings. The summed E-state index contributed by atoms with van der Waals surface area (Å²) in [6, 6.07) is 0. The van der Waals surface area contributed by atoms with E-state index in [2.05, 4.69) is 22.0 Å². The zero-order valence-electron chi connectivity index (χ0n) is 11.0. The Bertz CT molecular complexity index is 218. The Kier molecular flexibility index (Phi) is 10.1. The third-order valence-corrected chi connectivity index (χ3v) is 2.19. The van der Waals surface area contributed by atoms with Gasteiger partial charge < -0.3 is 4.74 Å². The van der Waals surface area contributed by atoms with E-state index in [-0.39, 0.29) is 0 Å². The largest absolute Gasteiger partial charge is 0.379 e. The van der Waals surface area contributed by atoms with Crippen LogP contribution in [0.15, 0.2) is 12.4 Å². The van der Waals surface area contributed by atoms with Crippen molar-refractivity contribution in [2.24, 2.45) is 0 Å². The minimum atomic E-state index is 0.924. The number of morpholine rings is 1. The Morgan fingerprint density at radius 1 is 1.38 bits per heavy atom. The summed E-state index contributed by atoms with van der Waals surface area (Å²) < 4.78 is 5.16. The number of nitrogens with zero attached hydrogens (tertiary/aromatic N) is 2. The Morgan fingerprint density at radius 3 is 2.25 bits per heavy atom. The lowest BCUT2D eigenvalue weighted by Gasteiger charge is -2.24. The topological polar surface area (TPSA) is 41.1 Å². The van der Waals surface area contributed by atoms with Crippen LogP contribution in [0, 0.1) is 6.92 Å². The van der Waals surface area contributed by atoms with Crippen molar-refractivity contribution in [2.75, 3.05) is 32.8 Å². The minimum Gasteiger partial charge on any atom is -0.379 e. The normalized spacial score (nSPS) is 15.5. The molecule has 0 aromatic carbocycles. The summed E-state index contributed by atoms with van der Waals surface area (Å²) >= 11 is 0. The van der Waals surface area contributed by atoms with Crippen molar-refractivity contribution >= 4 is 0 Å². The number of aromatic amines is 1. The Balaban J connectivity index is 0.000000251. The molecule has 16 heavy (non-hydrogen) atoms. The van der Waals surface area contributed by atoms with Gasteiger partial charge in [0.2, 0.25) is 0 Å². The maximum absolute atomic E-state index is 5.16. The molecule has 0 amide bonds. The number of hydrogen-bond acceptors (Lipinski definition) is 3. The molecular weight excluding hydrogens is 202 g/mol. The first kappa shape index (κ1) is 15.1. The highest BCUT2D eigenvalue weighted by molar-refractivity contribution is 4.96. The molecule has 1 aromatic rings. The van der Waals surface area contributed by atoms with E-state index in [1.54, 1.807) is 6.20 Å². The predicted molar refractivity (Wildman–Crippen MR) is 67.6 cm³/mol. The van der Waals surface area contributed by atoms with Crippen LogP contribution < -0.4 is 0 Å². The lowest BCUT2D eigenvalue weighted by atomic mass is 10.4. The molecule has 2 rings (SSSR count). The Morgan fingerprint density at radius 2 is 2.00 bits per heavy atom. The van der Waals surface area contributed by atoms with E-state index in [1.807, 2.05) is 27.0 Å². The van der Waals surface area contributed by atoms with Gasteiger partial charge in [-0.15, -0.1) is 0 Å². The van der Waals surface area contributed by atoms with E-state index in [0.717, 1.165) is 26.3 Å². The maximum Gasteiger partial charge on any atom is 0.0594 e. The van der Waals surface area contributed by atoms with Crippen LogP contribution in [0.5, 0.6) is 0 Å². The first-order valence-corrected chi connectivity index (χ1v) is 6.08. The number of aryl methyl sites for hydroxylation is 1. The first-order valence-electron chi connectivity index (χ1n) is 6.08. The minimum absolute atomic E-state index is 0.924. The zero-order chi connectivity index (χ0) is 12.2. The monoisotopic (exact) mass is 227 g/mol. The molecule has 1 aliphatic heterocycles. The van der Waals surface area contributed by atoms with Crippen molar-refractivity contribution in [2.45, 2.75) is 27.7 Å². The molecule has 0 saturated carbocycles. The third kappa shape index (κ3) is 7.43. The molecular formula is C12H25N3O. The van der Waals surface area contributed by atoms with E-state index < -0.39 is 0 Å². The summed E-state index contributed by atoms with van der Waals surface area (Å²) in [7, 11) is 0. The molecule has 0 bridgehead atoms. The summed E-state index contributed by atoms with van der Waals surface area (Å²) in [6.07, 6.45) is 3.62. The molecule has 2 heterocycles. The summed E-state index contributed by atoms with van der Waals surface area (Å²) in [5.74, 6) is 0. The molecule has 4 heteroatoms. The van der Waals surface area contributed by atoms with Gasteiger partial charge in [-0.25, -0.2) is 0 Å². The summed E-state index contributed by atoms with van der Waals surface area (Å²) in [5, 5.41) is 6.38. The van der Waals surface area contributed by atoms with E-state index in [4.69, 9.17) is 4.74 Å². The summed E-state index contributed by atoms with van der Waals surface area (Å²) in [6.45, 7) is 13.4. The highest BCUT2D eigenvalue weighted by Gasteiger charge is 2.05. The Labute approximate surface area is 99.0 Å². The van der Waals surface area contributed by atoms with E-state index >= 15 is 0 Å². The second kappa shape index (κ2) is 10.6. The van der Waals surface area contributed by atoms with Crippen LogP contribution in [0.1, 0.15) is 26.3 Å². The van der Waals surface area contributed by atoms with Gasteiger partial charge in [0.25, 0.3) is 0 Å². The van der Waals surface area contributed by atoms with Gasteiger partial charge in [-0.05, 0) is 19.0 Å². The van der Waals surface area contributed by atoms with E-state index in [1.165, 1.54) is 12.1 Å². The fourth-order valence-corrected chi connectivity index (χ4v) is 1.23. The first-order chi connectivity index (χ1) is 7.83. The van der Waals surface area contributed by atoms with Crippen molar-refractivity contribution in [1.29, 1.82) is 0 Å². The molecule has 1 N–H and O–H groups in total. The number of rotatable bonds is 1. The molecule has 0 spiro atoms. The van der Waals surface area contributed by atoms with Crippen LogP contribution in [0.2, 0.25) is 0 Å². The van der Waals surface area contributed by atoms with Crippen LogP contribution in [-0.2, 0) is 4.74 Å². The second-order valence-electron chi connectivity index (χ2n) is 3.32. The zero-order valence-corrected chi connectivity index (χ0v) is 11.0. The van der Waals surface area contributed by atoms with Crippen molar-refractivity contribution in [3.63, 3.8) is 0 Å². The van der Waals surface area contributed by atoms with Gasteiger partial charge in [0.05, 0.1) is 19.4 Å². The van der Waals surface area contributed by atoms with Crippen LogP contribution in [-0.4, -0.2) is 47.9 Å². The average molecular weight is 227 g/mol. The van der Waals surface area contributed by atoms with Crippen molar-refractivity contribution in [3.8, 4) is 0 Å². The molecule has 0 radical (unpaired) electrons. The van der Waals surface area contributed by atoms with Gasteiger partial charge in [0, 0.05) is 19.3 Å². The highest BCUT2D eigenvalue weighted by Crippen LogP contribution is 1.93. The second-order valence-corrected chi connectivity index (χ2v) is 3.32. The standard InChI is InChI=1S/C6H13NO.C4H6N2.C2H6/c1-2-7-3-5-8-6-4-7;1-4-2-5-6-3-4;1-2/h2-6H2,1H3;2-3H,1H3,(H,5,6);1-2H3. The van der Waals surface area contributed by atoms with E-state index in [0.29, 0.717) is 0 Å². The van der Waals surface area contributed by atoms with Crippen LogP contribution in [0.25, 0.3) is 0 Å². The summed E-state index contributed by atoms with van der Waals surface area (Å²) in [4.78, 5) is 2.39. The quantitative estimate of drug-likeness (QED) is 0.798. The van der Waals surface area contributed by atoms with Crippen LogP contribution in [0.4, 0.5) is 0 Å². The van der Waals surface area contributed by atoms with Crippen LogP contribution in [0.3, 0.4) is 0 Å². The maximum atomic E-state index is 5.16. The van der Waals surface area contributed by atoms with Crippen molar-refractivity contribution < 1.29 is 4.74 Å². The van der Waals surface area contributed by atoms with E-state index in [9.17, 15) is 0 Å². The molecule has 1 aliphatic rings. The fraction of sp³-hybridized carbons (Fsp3) is 0.750. The third-order valence-electron chi connectivity index (χ3n) is 2.19. The van der Waals surface area contributed by atoms with Gasteiger partial charge in [-0.2, -0.15) is 5.10 Å². The average Bonchev–Trinajstić information content (AvgIpc) is 2.85. The number of hydrogen-bond donors (Lipinski definition) is 1. The molecule has 94 valence electrons. The number of nitrogens with one attached hydrogen (secondary N) is 1. The molecule has 4 nitrogen and oxygen atoms in total. The van der Waals surface area contributed by atoms with Gasteiger partial charge >= 0.3 is 0 Å². The summed E-state index contributed by atoms with van der Waals surface area (Å²) in [5.41, 5.74) is 1.18.